The zero-order valence-corrected chi connectivity index (χ0v) is 16.8. The second-order valence-corrected chi connectivity index (χ2v) is 9.77. The summed E-state index contributed by atoms with van der Waals surface area (Å²) in [7, 11) is 0. The summed E-state index contributed by atoms with van der Waals surface area (Å²) in [6.45, 7) is 4.50. The molecule has 0 radical (unpaired) electrons. The van der Waals surface area contributed by atoms with Crippen molar-refractivity contribution in [1.82, 2.24) is 0 Å². The van der Waals surface area contributed by atoms with Crippen molar-refractivity contribution in [2.75, 3.05) is 0 Å². The van der Waals surface area contributed by atoms with E-state index in [1.54, 1.807) is 0 Å². The fraction of sp³-hybridized carbons (Fsp3) is 0.500. The molecule has 2 aromatic heterocycles. The Bertz CT molecular complexity index is 505. The molecule has 0 aliphatic heterocycles. The molecule has 0 atom stereocenters. The summed E-state index contributed by atoms with van der Waals surface area (Å²) in [5.74, 6) is 0. The van der Waals surface area contributed by atoms with Crippen LogP contribution in [0.5, 0.6) is 0 Å². The minimum absolute atomic E-state index is 1.18. The van der Waals surface area contributed by atoms with E-state index in [0.717, 1.165) is 0 Å². The first kappa shape index (κ1) is 16.7. The van der Waals surface area contributed by atoms with Gasteiger partial charge in [0.25, 0.3) is 0 Å². The van der Waals surface area contributed by atoms with E-state index in [1.807, 2.05) is 22.7 Å². The molecular weight excluding hydrogens is 416 g/mol. The number of unbranched alkanes of at least 4 members (excludes halogenated alkanes) is 2. The van der Waals surface area contributed by atoms with E-state index >= 15 is 0 Å². The molecule has 0 aromatic carbocycles. The Morgan fingerprint density at radius 1 is 0.800 bits per heavy atom. The van der Waals surface area contributed by atoms with Gasteiger partial charge < -0.3 is 0 Å². The molecule has 0 spiro atoms. The molecule has 0 saturated heterocycles. The Balaban J connectivity index is 2.19. The van der Waals surface area contributed by atoms with E-state index < -0.39 is 0 Å². The van der Waals surface area contributed by atoms with Crippen molar-refractivity contribution in [1.29, 1.82) is 0 Å². The largest absolute Gasteiger partial charge is 0.127 e. The number of halogens is 2. The van der Waals surface area contributed by atoms with Gasteiger partial charge in [0.2, 0.25) is 0 Å². The molecule has 20 heavy (non-hydrogen) atoms. The minimum atomic E-state index is 1.18. The third-order valence-corrected chi connectivity index (χ3v) is 7.47. The van der Waals surface area contributed by atoms with Crippen LogP contribution in [0.25, 0.3) is 9.75 Å². The van der Waals surface area contributed by atoms with Gasteiger partial charge >= 0.3 is 0 Å². The first-order valence-corrected chi connectivity index (χ1v) is 10.4. The molecule has 0 aliphatic carbocycles. The third-order valence-electron chi connectivity index (χ3n) is 3.36. The van der Waals surface area contributed by atoms with Crippen molar-refractivity contribution in [3.63, 3.8) is 0 Å². The lowest BCUT2D eigenvalue weighted by Crippen LogP contribution is -1.81. The molecule has 0 N–H and O–H groups in total. The van der Waals surface area contributed by atoms with Crippen LogP contribution in [0.15, 0.2) is 19.7 Å². The number of hydrogen-bond donors (Lipinski definition) is 0. The van der Waals surface area contributed by atoms with Gasteiger partial charge in [-0.2, -0.15) is 0 Å². The smallest absolute Gasteiger partial charge is 0.0737 e. The summed E-state index contributed by atoms with van der Waals surface area (Å²) in [6, 6.07) is 4.73. The van der Waals surface area contributed by atoms with Crippen LogP contribution in [0.2, 0.25) is 0 Å². The van der Waals surface area contributed by atoms with Crippen molar-refractivity contribution < 1.29 is 0 Å². The first-order chi connectivity index (χ1) is 9.65. The monoisotopic (exact) mass is 434 g/mol. The van der Waals surface area contributed by atoms with Gasteiger partial charge in [0.1, 0.15) is 0 Å². The summed E-state index contributed by atoms with van der Waals surface area (Å²) < 4.78 is 2.61. The lowest BCUT2D eigenvalue weighted by molar-refractivity contribution is 0.795. The van der Waals surface area contributed by atoms with Crippen LogP contribution in [0, 0.1) is 0 Å². The number of hydrogen-bond acceptors (Lipinski definition) is 2. The van der Waals surface area contributed by atoms with Gasteiger partial charge in [-0.05, 0) is 80.8 Å². The molecule has 2 heterocycles. The van der Waals surface area contributed by atoms with Gasteiger partial charge in [-0.1, -0.05) is 26.7 Å². The third kappa shape index (κ3) is 4.19. The normalized spacial score (nSPS) is 11.2. The predicted octanol–water partition coefficient (Wildman–Crippen LogP) is 7.69. The molecule has 0 aliphatic rings. The zero-order valence-electron chi connectivity index (χ0n) is 12.0. The average Bonchev–Trinajstić information content (AvgIpc) is 2.98. The fourth-order valence-electron chi connectivity index (χ4n) is 2.13. The summed E-state index contributed by atoms with van der Waals surface area (Å²) >= 11 is 11.2. The highest BCUT2D eigenvalue weighted by Gasteiger charge is 2.13. The van der Waals surface area contributed by atoms with Crippen LogP contribution in [0.4, 0.5) is 0 Å². The second kappa shape index (κ2) is 8.11. The maximum Gasteiger partial charge on any atom is 0.0737 e. The Labute approximate surface area is 146 Å². The summed E-state index contributed by atoms with van der Waals surface area (Å²) in [6.07, 6.45) is 7.41. The van der Waals surface area contributed by atoms with E-state index in [9.17, 15) is 0 Å². The molecule has 2 rings (SSSR count). The molecular formula is C16H20Br2S2. The standard InChI is InChI=1S/C16H20Br2S2/c1-3-5-7-11-9-13(19-15(11)17)14-10-12(8-6-4-2)16(18)20-14/h9-10H,3-8H2,1-2H3. The van der Waals surface area contributed by atoms with Crippen LogP contribution in [-0.4, -0.2) is 0 Å². The van der Waals surface area contributed by atoms with Gasteiger partial charge in [0.05, 0.1) is 7.57 Å². The van der Waals surface area contributed by atoms with E-state index in [-0.39, 0.29) is 0 Å². The molecule has 0 amide bonds. The van der Waals surface area contributed by atoms with E-state index in [0.29, 0.717) is 0 Å². The van der Waals surface area contributed by atoms with Crippen molar-refractivity contribution >= 4 is 54.5 Å². The van der Waals surface area contributed by atoms with Gasteiger partial charge in [-0.15, -0.1) is 22.7 Å². The van der Waals surface area contributed by atoms with Gasteiger partial charge in [-0.25, -0.2) is 0 Å². The molecule has 0 nitrogen and oxygen atoms in total. The van der Waals surface area contributed by atoms with E-state index in [2.05, 4.69) is 57.8 Å². The van der Waals surface area contributed by atoms with Gasteiger partial charge in [0, 0.05) is 9.75 Å². The quantitative estimate of drug-likeness (QED) is 0.418. The molecule has 110 valence electrons. The molecule has 0 saturated carbocycles. The SMILES string of the molecule is CCCCc1cc(-c2cc(CCCC)c(Br)s2)sc1Br. The number of aryl methyl sites for hydroxylation is 2. The second-order valence-electron chi connectivity index (χ2n) is 5.03. The molecule has 2 aromatic rings. The number of rotatable bonds is 7. The highest BCUT2D eigenvalue weighted by molar-refractivity contribution is 9.11. The fourth-order valence-corrected chi connectivity index (χ4v) is 5.74. The van der Waals surface area contributed by atoms with Gasteiger partial charge in [0.15, 0.2) is 0 Å². The van der Waals surface area contributed by atoms with Crippen molar-refractivity contribution in [2.45, 2.75) is 52.4 Å². The topological polar surface area (TPSA) is 0 Å². The van der Waals surface area contributed by atoms with Crippen LogP contribution in [0.3, 0.4) is 0 Å². The Kier molecular flexibility index (Phi) is 6.79. The lowest BCUT2D eigenvalue weighted by atomic mass is 10.1. The maximum atomic E-state index is 3.72. The van der Waals surface area contributed by atoms with Crippen molar-refractivity contribution in [3.05, 3.63) is 30.8 Å². The molecule has 0 unspecified atom stereocenters. The van der Waals surface area contributed by atoms with E-state index in [1.165, 1.54) is 67.0 Å². The molecule has 4 heteroatoms. The van der Waals surface area contributed by atoms with Crippen LogP contribution in [-0.2, 0) is 12.8 Å². The van der Waals surface area contributed by atoms with E-state index in [4.69, 9.17) is 0 Å². The Morgan fingerprint density at radius 2 is 1.20 bits per heavy atom. The highest BCUT2D eigenvalue weighted by atomic mass is 79.9. The van der Waals surface area contributed by atoms with Gasteiger partial charge in [-0.3, -0.25) is 0 Å². The van der Waals surface area contributed by atoms with Crippen LogP contribution >= 0.6 is 54.5 Å². The maximum absolute atomic E-state index is 3.72. The molecule has 0 fully saturated rings. The zero-order chi connectivity index (χ0) is 14.5. The summed E-state index contributed by atoms with van der Waals surface area (Å²) in [5.41, 5.74) is 2.93. The lowest BCUT2D eigenvalue weighted by Gasteiger charge is -1.95. The average molecular weight is 436 g/mol. The predicted molar refractivity (Wildman–Crippen MR) is 100 cm³/mol. The summed E-state index contributed by atoms with van der Waals surface area (Å²) in [4.78, 5) is 2.80. The summed E-state index contributed by atoms with van der Waals surface area (Å²) in [5, 5.41) is 0. The van der Waals surface area contributed by atoms with Crippen LogP contribution in [0.1, 0.15) is 50.7 Å². The van der Waals surface area contributed by atoms with Crippen LogP contribution < -0.4 is 0 Å². The minimum Gasteiger partial charge on any atom is -0.127 e. The molecule has 0 bridgehead atoms. The highest BCUT2D eigenvalue weighted by Crippen LogP contribution is 2.42. The number of thiophene rings is 2. The Morgan fingerprint density at radius 3 is 1.55 bits per heavy atom. The van der Waals surface area contributed by atoms with Crippen molar-refractivity contribution in [3.8, 4) is 9.75 Å². The Hall–Kier alpha value is 0.360. The first-order valence-electron chi connectivity index (χ1n) is 7.22. The van der Waals surface area contributed by atoms with Crippen molar-refractivity contribution in [2.24, 2.45) is 0 Å².